The Hall–Kier alpha value is -2.70. The number of fused-ring (bicyclic) bond motifs is 1. The zero-order chi connectivity index (χ0) is 16.9. The Morgan fingerprint density at radius 3 is 2.50 bits per heavy atom. The highest BCUT2D eigenvalue weighted by Crippen LogP contribution is 2.26. The van der Waals surface area contributed by atoms with Crippen molar-refractivity contribution >= 4 is 16.8 Å². The number of pyridine rings is 1. The molecule has 0 spiro atoms. The summed E-state index contributed by atoms with van der Waals surface area (Å²) in [6, 6.07) is 12.6. The predicted octanol–water partition coefficient (Wildman–Crippen LogP) is 1.92. The van der Waals surface area contributed by atoms with Gasteiger partial charge in [-0.05, 0) is 24.3 Å². The zero-order valence-electron chi connectivity index (χ0n) is 13.1. The maximum absolute atomic E-state index is 12.9. The third-order valence-electron chi connectivity index (χ3n) is 3.75. The van der Waals surface area contributed by atoms with Gasteiger partial charge in [-0.15, -0.1) is 0 Å². The molecule has 6 heteroatoms. The normalized spacial score (nSPS) is 10.9. The molecule has 0 unspecified atom stereocenters. The average Bonchev–Trinajstić information content (AvgIpc) is 3.14. The highest BCUT2D eigenvalue weighted by atomic mass is 16.3. The molecule has 0 saturated carbocycles. The second-order valence-corrected chi connectivity index (χ2v) is 5.29. The second kappa shape index (κ2) is 7.25. The lowest BCUT2D eigenvalue weighted by Crippen LogP contribution is -2.36. The Kier molecular flexibility index (Phi) is 4.88. The number of benzene rings is 1. The molecule has 2 heterocycles. The molecule has 0 bridgehead atoms. The molecule has 0 saturated heterocycles. The Morgan fingerprint density at radius 1 is 1.08 bits per heavy atom. The smallest absolute Gasteiger partial charge is 0.254 e. The van der Waals surface area contributed by atoms with Crippen LogP contribution < -0.4 is 0 Å². The molecule has 0 radical (unpaired) electrons. The number of para-hydroxylation sites is 1. The van der Waals surface area contributed by atoms with Crippen molar-refractivity contribution in [1.82, 2.24) is 9.88 Å². The van der Waals surface area contributed by atoms with E-state index in [0.717, 1.165) is 5.39 Å². The van der Waals surface area contributed by atoms with Crippen LogP contribution in [0.5, 0.6) is 0 Å². The molecule has 24 heavy (non-hydrogen) atoms. The van der Waals surface area contributed by atoms with Gasteiger partial charge in [-0.25, -0.2) is 4.98 Å². The van der Waals surface area contributed by atoms with Gasteiger partial charge in [0.2, 0.25) is 0 Å². The van der Waals surface area contributed by atoms with Crippen LogP contribution in [0.1, 0.15) is 10.4 Å². The summed E-state index contributed by atoms with van der Waals surface area (Å²) < 4.78 is 5.39. The number of aliphatic hydroxyl groups excluding tert-OH is 2. The minimum Gasteiger partial charge on any atom is -0.463 e. The summed E-state index contributed by atoms with van der Waals surface area (Å²) in [5.74, 6) is 0.315. The molecule has 0 aliphatic rings. The van der Waals surface area contributed by atoms with Gasteiger partial charge in [0.05, 0.1) is 30.6 Å². The van der Waals surface area contributed by atoms with E-state index in [0.29, 0.717) is 22.5 Å². The number of aliphatic hydroxyl groups is 2. The summed E-state index contributed by atoms with van der Waals surface area (Å²) in [6.45, 7) is -0.0160. The lowest BCUT2D eigenvalue weighted by atomic mass is 10.1. The van der Waals surface area contributed by atoms with E-state index < -0.39 is 0 Å². The Balaban J connectivity index is 2.12. The minimum atomic E-state index is -0.260. The third kappa shape index (κ3) is 3.15. The van der Waals surface area contributed by atoms with Crippen molar-refractivity contribution in [1.29, 1.82) is 0 Å². The molecule has 3 rings (SSSR count). The van der Waals surface area contributed by atoms with Crippen LogP contribution >= 0.6 is 0 Å². The van der Waals surface area contributed by atoms with Gasteiger partial charge in [-0.2, -0.15) is 0 Å². The fraction of sp³-hybridized carbons (Fsp3) is 0.222. The highest BCUT2D eigenvalue weighted by Gasteiger charge is 2.20. The van der Waals surface area contributed by atoms with Crippen LogP contribution in [0.2, 0.25) is 0 Å². The SMILES string of the molecule is O=C(c1cc(-c2ccco2)nc2ccccc12)N(CCO)CCO. The number of amides is 1. The van der Waals surface area contributed by atoms with E-state index in [2.05, 4.69) is 4.98 Å². The van der Waals surface area contributed by atoms with E-state index in [-0.39, 0.29) is 32.2 Å². The van der Waals surface area contributed by atoms with Gasteiger partial charge in [0.1, 0.15) is 5.69 Å². The first-order chi connectivity index (χ1) is 11.7. The zero-order valence-corrected chi connectivity index (χ0v) is 13.1. The number of nitrogens with zero attached hydrogens (tertiary/aromatic N) is 2. The number of hydrogen-bond acceptors (Lipinski definition) is 5. The molecule has 6 nitrogen and oxygen atoms in total. The lowest BCUT2D eigenvalue weighted by Gasteiger charge is -2.21. The van der Waals surface area contributed by atoms with E-state index in [1.54, 1.807) is 24.5 Å². The molecule has 0 atom stereocenters. The van der Waals surface area contributed by atoms with E-state index in [9.17, 15) is 15.0 Å². The summed E-state index contributed by atoms with van der Waals surface area (Å²) >= 11 is 0. The quantitative estimate of drug-likeness (QED) is 0.723. The van der Waals surface area contributed by atoms with Gasteiger partial charge >= 0.3 is 0 Å². The Morgan fingerprint density at radius 2 is 1.83 bits per heavy atom. The van der Waals surface area contributed by atoms with Gasteiger partial charge in [0.15, 0.2) is 5.76 Å². The van der Waals surface area contributed by atoms with Crippen molar-refractivity contribution < 1.29 is 19.4 Å². The molecule has 1 amide bonds. The Bertz CT molecular complexity index is 824. The Labute approximate surface area is 139 Å². The maximum atomic E-state index is 12.9. The largest absolute Gasteiger partial charge is 0.463 e. The second-order valence-electron chi connectivity index (χ2n) is 5.29. The van der Waals surface area contributed by atoms with Crippen LogP contribution in [0.25, 0.3) is 22.4 Å². The molecule has 2 aromatic heterocycles. The molecule has 0 fully saturated rings. The summed E-state index contributed by atoms with van der Waals surface area (Å²) in [5.41, 5.74) is 1.71. The highest BCUT2D eigenvalue weighted by molar-refractivity contribution is 6.07. The van der Waals surface area contributed by atoms with Crippen molar-refractivity contribution in [2.75, 3.05) is 26.3 Å². The van der Waals surface area contributed by atoms with Gasteiger partial charge < -0.3 is 19.5 Å². The molecule has 3 aromatic rings. The summed E-state index contributed by atoms with van der Waals surface area (Å²) in [7, 11) is 0. The van der Waals surface area contributed by atoms with Crippen molar-refractivity contribution in [3.8, 4) is 11.5 Å². The molecular weight excluding hydrogens is 308 g/mol. The molecule has 0 aliphatic heterocycles. The number of carbonyl (C=O) groups excluding carboxylic acids is 1. The molecule has 2 N–H and O–H groups in total. The van der Waals surface area contributed by atoms with Crippen LogP contribution in [-0.4, -0.2) is 52.3 Å². The van der Waals surface area contributed by atoms with Crippen molar-refractivity contribution in [2.45, 2.75) is 0 Å². The fourth-order valence-corrected chi connectivity index (χ4v) is 2.63. The van der Waals surface area contributed by atoms with Crippen molar-refractivity contribution in [2.24, 2.45) is 0 Å². The van der Waals surface area contributed by atoms with Crippen LogP contribution in [0, 0.1) is 0 Å². The maximum Gasteiger partial charge on any atom is 0.254 e. The molecular formula is C18H18N2O4. The summed E-state index contributed by atoms with van der Waals surface area (Å²) in [6.07, 6.45) is 1.55. The van der Waals surface area contributed by atoms with E-state index >= 15 is 0 Å². The minimum absolute atomic E-state index is 0.159. The number of hydrogen-bond donors (Lipinski definition) is 2. The average molecular weight is 326 g/mol. The van der Waals surface area contributed by atoms with Gasteiger partial charge in [-0.1, -0.05) is 18.2 Å². The standard InChI is InChI=1S/C18H18N2O4/c21-9-7-20(8-10-22)18(23)14-12-16(17-6-3-11-24-17)19-15-5-2-1-4-13(14)15/h1-6,11-12,21-22H,7-10H2. The van der Waals surface area contributed by atoms with Gasteiger partial charge in [0.25, 0.3) is 5.91 Å². The first-order valence-electron chi connectivity index (χ1n) is 7.69. The number of aromatic nitrogens is 1. The summed E-state index contributed by atoms with van der Waals surface area (Å²) in [5, 5.41) is 19.1. The van der Waals surface area contributed by atoms with Crippen LogP contribution in [0.3, 0.4) is 0 Å². The fourth-order valence-electron chi connectivity index (χ4n) is 2.63. The van der Waals surface area contributed by atoms with Crippen LogP contribution in [-0.2, 0) is 0 Å². The van der Waals surface area contributed by atoms with Gasteiger partial charge in [-0.3, -0.25) is 4.79 Å². The number of furan rings is 1. The number of rotatable bonds is 6. The first-order valence-corrected chi connectivity index (χ1v) is 7.69. The van der Waals surface area contributed by atoms with Gasteiger partial charge in [0, 0.05) is 18.5 Å². The molecule has 0 aliphatic carbocycles. The predicted molar refractivity (Wildman–Crippen MR) is 89.5 cm³/mol. The van der Waals surface area contributed by atoms with E-state index in [1.165, 1.54) is 4.90 Å². The number of carbonyl (C=O) groups is 1. The molecule has 124 valence electrons. The van der Waals surface area contributed by atoms with Crippen molar-refractivity contribution in [3.05, 3.63) is 54.3 Å². The topological polar surface area (TPSA) is 86.8 Å². The van der Waals surface area contributed by atoms with Crippen LogP contribution in [0.15, 0.2) is 53.1 Å². The first kappa shape index (κ1) is 16.2. The van der Waals surface area contributed by atoms with E-state index in [1.807, 2.05) is 24.3 Å². The lowest BCUT2D eigenvalue weighted by molar-refractivity contribution is 0.0687. The third-order valence-corrected chi connectivity index (χ3v) is 3.75. The monoisotopic (exact) mass is 326 g/mol. The molecule has 1 aromatic carbocycles. The van der Waals surface area contributed by atoms with E-state index in [4.69, 9.17) is 4.42 Å². The van der Waals surface area contributed by atoms with Crippen molar-refractivity contribution in [3.63, 3.8) is 0 Å². The summed E-state index contributed by atoms with van der Waals surface area (Å²) in [4.78, 5) is 18.9. The van der Waals surface area contributed by atoms with Crippen LogP contribution in [0.4, 0.5) is 0 Å².